The van der Waals surface area contributed by atoms with Crippen molar-refractivity contribution >= 4 is 22.4 Å². The van der Waals surface area contributed by atoms with Crippen molar-refractivity contribution in [2.24, 2.45) is 0 Å². The van der Waals surface area contributed by atoms with Gasteiger partial charge in [-0.25, -0.2) is 4.98 Å². The van der Waals surface area contributed by atoms with Crippen LogP contribution in [0.4, 0.5) is 5.13 Å². The van der Waals surface area contributed by atoms with E-state index in [2.05, 4.69) is 20.4 Å². The summed E-state index contributed by atoms with van der Waals surface area (Å²) in [6.45, 7) is 6.04. The standard InChI is InChI=1S/C18H20N4O2S/c1-11(2)17-21-16(24-22-17)9-8-15(23)20-18-19-14(10-25-18)13-7-5-4-6-12(13)3/h4-7,10-11H,8-9H2,1-3H3,(H,19,20,23). The molecule has 1 aromatic carbocycles. The molecule has 0 aliphatic carbocycles. The molecule has 25 heavy (non-hydrogen) atoms. The number of aryl methyl sites for hydroxylation is 2. The topological polar surface area (TPSA) is 80.9 Å². The maximum absolute atomic E-state index is 12.1. The molecule has 2 heterocycles. The monoisotopic (exact) mass is 356 g/mol. The van der Waals surface area contributed by atoms with Crippen LogP contribution in [-0.2, 0) is 11.2 Å². The molecule has 6 nitrogen and oxygen atoms in total. The number of nitrogens with one attached hydrogen (secondary N) is 1. The van der Waals surface area contributed by atoms with E-state index in [1.54, 1.807) is 0 Å². The molecule has 2 aromatic heterocycles. The Morgan fingerprint density at radius 2 is 2.08 bits per heavy atom. The van der Waals surface area contributed by atoms with E-state index in [0.29, 0.717) is 23.3 Å². The van der Waals surface area contributed by atoms with Crippen LogP contribution in [0.5, 0.6) is 0 Å². The Labute approximate surface area is 150 Å². The molecule has 0 radical (unpaired) electrons. The zero-order chi connectivity index (χ0) is 17.8. The van der Waals surface area contributed by atoms with Crippen molar-refractivity contribution in [2.75, 3.05) is 5.32 Å². The van der Waals surface area contributed by atoms with Crippen LogP contribution in [-0.4, -0.2) is 21.0 Å². The number of anilines is 1. The summed E-state index contributed by atoms with van der Waals surface area (Å²) in [6.07, 6.45) is 0.695. The van der Waals surface area contributed by atoms with Gasteiger partial charge in [-0.3, -0.25) is 4.79 Å². The quantitative estimate of drug-likeness (QED) is 0.716. The summed E-state index contributed by atoms with van der Waals surface area (Å²) in [7, 11) is 0. The minimum Gasteiger partial charge on any atom is -0.339 e. The molecule has 0 fully saturated rings. The summed E-state index contributed by atoms with van der Waals surface area (Å²) in [5.74, 6) is 1.24. The average molecular weight is 356 g/mol. The minimum atomic E-state index is -0.116. The Bertz CT molecular complexity index is 869. The van der Waals surface area contributed by atoms with Gasteiger partial charge in [-0.05, 0) is 12.5 Å². The maximum Gasteiger partial charge on any atom is 0.227 e. The van der Waals surface area contributed by atoms with Gasteiger partial charge in [0.25, 0.3) is 0 Å². The largest absolute Gasteiger partial charge is 0.339 e. The molecule has 1 amide bonds. The van der Waals surface area contributed by atoms with Crippen LogP contribution in [0.15, 0.2) is 34.2 Å². The summed E-state index contributed by atoms with van der Waals surface area (Å²) in [5.41, 5.74) is 3.10. The lowest BCUT2D eigenvalue weighted by Crippen LogP contribution is -2.12. The summed E-state index contributed by atoms with van der Waals surface area (Å²) in [5, 5.41) is 9.27. The fourth-order valence-corrected chi connectivity index (χ4v) is 3.05. The van der Waals surface area contributed by atoms with E-state index in [9.17, 15) is 4.79 Å². The minimum absolute atomic E-state index is 0.116. The van der Waals surface area contributed by atoms with E-state index in [0.717, 1.165) is 16.8 Å². The lowest BCUT2D eigenvalue weighted by atomic mass is 10.1. The second kappa shape index (κ2) is 7.57. The summed E-state index contributed by atoms with van der Waals surface area (Å²) >= 11 is 1.42. The molecule has 1 N–H and O–H groups in total. The predicted octanol–water partition coefficient (Wildman–Crippen LogP) is 4.20. The van der Waals surface area contributed by atoms with Gasteiger partial charge in [-0.2, -0.15) is 4.98 Å². The van der Waals surface area contributed by atoms with E-state index in [1.165, 1.54) is 11.3 Å². The molecule has 0 spiro atoms. The van der Waals surface area contributed by atoms with Crippen LogP contribution in [0.3, 0.4) is 0 Å². The zero-order valence-corrected chi connectivity index (χ0v) is 15.3. The third kappa shape index (κ3) is 4.30. The van der Waals surface area contributed by atoms with Gasteiger partial charge in [0.1, 0.15) is 0 Å². The second-order valence-electron chi connectivity index (χ2n) is 6.10. The molecule has 0 bridgehead atoms. The molecule has 0 saturated carbocycles. The van der Waals surface area contributed by atoms with E-state index in [1.807, 2.05) is 50.4 Å². The van der Waals surface area contributed by atoms with Crippen LogP contribution >= 0.6 is 11.3 Å². The predicted molar refractivity (Wildman–Crippen MR) is 97.6 cm³/mol. The van der Waals surface area contributed by atoms with Crippen LogP contribution in [0.2, 0.25) is 0 Å². The number of hydrogen-bond donors (Lipinski definition) is 1. The van der Waals surface area contributed by atoms with Gasteiger partial charge >= 0.3 is 0 Å². The lowest BCUT2D eigenvalue weighted by molar-refractivity contribution is -0.116. The third-order valence-electron chi connectivity index (χ3n) is 3.74. The summed E-state index contributed by atoms with van der Waals surface area (Å²) in [4.78, 5) is 20.9. The molecular weight excluding hydrogens is 336 g/mol. The van der Waals surface area contributed by atoms with E-state index < -0.39 is 0 Å². The Balaban J connectivity index is 1.57. The fraction of sp³-hybridized carbons (Fsp3) is 0.333. The maximum atomic E-state index is 12.1. The molecule has 0 aliphatic rings. The Morgan fingerprint density at radius 3 is 2.80 bits per heavy atom. The number of rotatable bonds is 6. The number of carbonyl (C=O) groups excluding carboxylic acids is 1. The van der Waals surface area contributed by atoms with Crippen LogP contribution < -0.4 is 5.32 Å². The Morgan fingerprint density at radius 1 is 1.28 bits per heavy atom. The molecule has 0 atom stereocenters. The van der Waals surface area contributed by atoms with Gasteiger partial charge in [-0.15, -0.1) is 11.3 Å². The molecule has 3 aromatic rings. The van der Waals surface area contributed by atoms with Crippen molar-refractivity contribution in [3.8, 4) is 11.3 Å². The first-order valence-corrected chi connectivity index (χ1v) is 9.04. The summed E-state index contributed by atoms with van der Waals surface area (Å²) < 4.78 is 5.15. The number of hydrogen-bond acceptors (Lipinski definition) is 6. The van der Waals surface area contributed by atoms with Crippen molar-refractivity contribution in [3.63, 3.8) is 0 Å². The molecule has 7 heteroatoms. The van der Waals surface area contributed by atoms with E-state index in [4.69, 9.17) is 4.52 Å². The van der Waals surface area contributed by atoms with Crippen LogP contribution in [0.25, 0.3) is 11.3 Å². The molecule has 0 saturated heterocycles. The number of amides is 1. The number of benzene rings is 1. The van der Waals surface area contributed by atoms with Crippen molar-refractivity contribution < 1.29 is 9.32 Å². The number of thiazole rings is 1. The van der Waals surface area contributed by atoms with Crippen molar-refractivity contribution in [2.45, 2.75) is 39.5 Å². The van der Waals surface area contributed by atoms with Crippen molar-refractivity contribution in [1.82, 2.24) is 15.1 Å². The first-order valence-electron chi connectivity index (χ1n) is 8.17. The zero-order valence-electron chi connectivity index (χ0n) is 14.4. The Kier molecular flexibility index (Phi) is 5.23. The molecule has 130 valence electrons. The Hall–Kier alpha value is -2.54. The summed E-state index contributed by atoms with van der Waals surface area (Å²) in [6, 6.07) is 8.05. The highest BCUT2D eigenvalue weighted by Gasteiger charge is 2.13. The highest BCUT2D eigenvalue weighted by molar-refractivity contribution is 7.14. The van der Waals surface area contributed by atoms with E-state index >= 15 is 0 Å². The van der Waals surface area contributed by atoms with Gasteiger partial charge in [0.05, 0.1) is 5.69 Å². The first-order chi connectivity index (χ1) is 12.0. The third-order valence-corrected chi connectivity index (χ3v) is 4.50. The average Bonchev–Trinajstić information content (AvgIpc) is 3.23. The van der Waals surface area contributed by atoms with Crippen molar-refractivity contribution in [3.05, 3.63) is 46.9 Å². The van der Waals surface area contributed by atoms with E-state index in [-0.39, 0.29) is 18.2 Å². The van der Waals surface area contributed by atoms with Gasteiger partial charge in [0, 0.05) is 29.7 Å². The lowest BCUT2D eigenvalue weighted by Gasteiger charge is -2.01. The number of nitrogens with zero attached hydrogens (tertiary/aromatic N) is 3. The molecule has 0 aliphatic heterocycles. The van der Waals surface area contributed by atoms with Gasteiger partial charge in [0.2, 0.25) is 11.8 Å². The second-order valence-corrected chi connectivity index (χ2v) is 6.96. The van der Waals surface area contributed by atoms with Crippen molar-refractivity contribution in [1.29, 1.82) is 0 Å². The fourth-order valence-electron chi connectivity index (χ4n) is 2.32. The smallest absolute Gasteiger partial charge is 0.227 e. The molecular formula is C18H20N4O2S. The number of aromatic nitrogens is 3. The molecule has 3 rings (SSSR count). The van der Waals surface area contributed by atoms with Gasteiger partial charge in [-0.1, -0.05) is 43.3 Å². The molecule has 0 unspecified atom stereocenters. The van der Waals surface area contributed by atoms with Crippen LogP contribution in [0.1, 0.15) is 43.5 Å². The highest BCUT2D eigenvalue weighted by atomic mass is 32.1. The normalized spacial score (nSPS) is 11.0. The highest BCUT2D eigenvalue weighted by Crippen LogP contribution is 2.27. The van der Waals surface area contributed by atoms with Gasteiger partial charge < -0.3 is 9.84 Å². The van der Waals surface area contributed by atoms with Gasteiger partial charge in [0.15, 0.2) is 11.0 Å². The number of carbonyl (C=O) groups is 1. The SMILES string of the molecule is Cc1ccccc1-c1csc(NC(=O)CCc2nc(C(C)C)no2)n1. The first kappa shape index (κ1) is 17.3. The van der Waals surface area contributed by atoms with Crippen LogP contribution in [0, 0.1) is 6.92 Å².